The fourth-order valence-corrected chi connectivity index (χ4v) is 3.38. The van der Waals surface area contributed by atoms with Crippen LogP contribution in [0.4, 0.5) is 10.5 Å². The van der Waals surface area contributed by atoms with Crippen molar-refractivity contribution in [3.63, 3.8) is 0 Å². The summed E-state index contributed by atoms with van der Waals surface area (Å²) in [6.07, 6.45) is 3.54. The van der Waals surface area contributed by atoms with Gasteiger partial charge in [-0.3, -0.25) is 4.79 Å². The maximum absolute atomic E-state index is 12.8. The minimum absolute atomic E-state index is 0.256. The van der Waals surface area contributed by atoms with Crippen LogP contribution in [0, 0.1) is 20.8 Å². The van der Waals surface area contributed by atoms with Gasteiger partial charge in [0, 0.05) is 17.6 Å². The lowest BCUT2D eigenvalue weighted by molar-refractivity contribution is -0.113. The van der Waals surface area contributed by atoms with E-state index in [1.54, 1.807) is 30.3 Å². The molecule has 0 radical (unpaired) electrons. The van der Waals surface area contributed by atoms with E-state index in [0.29, 0.717) is 5.69 Å². The summed E-state index contributed by atoms with van der Waals surface area (Å²) < 4.78 is 2.03. The topological polar surface area (TPSA) is 67.2 Å². The van der Waals surface area contributed by atoms with E-state index in [2.05, 4.69) is 10.3 Å². The molecule has 0 atom stereocenters. The van der Waals surface area contributed by atoms with Crippen LogP contribution in [0.25, 0.3) is 11.9 Å². The third-order valence-corrected chi connectivity index (χ3v) is 4.79. The molecule has 3 aromatic rings. The van der Waals surface area contributed by atoms with Gasteiger partial charge in [0.25, 0.3) is 5.91 Å². The lowest BCUT2D eigenvalue weighted by Crippen LogP contribution is -2.30. The Morgan fingerprint density at radius 1 is 1.00 bits per heavy atom. The third-order valence-electron chi connectivity index (χ3n) is 4.79. The van der Waals surface area contributed by atoms with E-state index >= 15 is 0 Å². The number of amides is 3. The highest BCUT2D eigenvalue weighted by molar-refractivity contribution is 6.28. The van der Waals surface area contributed by atoms with Crippen LogP contribution in [-0.4, -0.2) is 21.5 Å². The maximum atomic E-state index is 12.8. The first-order valence-electron chi connectivity index (χ1n) is 9.00. The number of nitrogens with zero attached hydrogens (tertiary/aromatic N) is 3. The number of imide groups is 1. The van der Waals surface area contributed by atoms with Crippen molar-refractivity contribution >= 4 is 23.7 Å². The Balaban J connectivity index is 1.70. The second-order valence-corrected chi connectivity index (χ2v) is 6.82. The van der Waals surface area contributed by atoms with Crippen molar-refractivity contribution in [3.8, 4) is 5.82 Å². The molecular formula is C22H20N4O2. The van der Waals surface area contributed by atoms with Crippen LogP contribution < -0.4 is 10.2 Å². The second-order valence-electron chi connectivity index (χ2n) is 6.82. The van der Waals surface area contributed by atoms with Crippen molar-refractivity contribution in [2.75, 3.05) is 4.90 Å². The normalized spacial score (nSPS) is 15.4. The number of benzene rings is 1. The monoisotopic (exact) mass is 372 g/mol. The number of hydrogen-bond acceptors (Lipinski definition) is 3. The van der Waals surface area contributed by atoms with Gasteiger partial charge < -0.3 is 9.88 Å². The molecule has 1 fully saturated rings. The minimum atomic E-state index is -0.448. The van der Waals surface area contributed by atoms with Crippen LogP contribution in [0.5, 0.6) is 0 Å². The largest absolute Gasteiger partial charge is 0.333 e. The van der Waals surface area contributed by atoms with Gasteiger partial charge in [-0.05, 0) is 62.2 Å². The van der Waals surface area contributed by atoms with Crippen molar-refractivity contribution in [2.24, 2.45) is 0 Å². The summed E-state index contributed by atoms with van der Waals surface area (Å²) in [5, 5.41) is 2.68. The van der Waals surface area contributed by atoms with Crippen LogP contribution in [0.15, 0.2) is 60.4 Å². The van der Waals surface area contributed by atoms with Gasteiger partial charge >= 0.3 is 6.03 Å². The molecule has 140 valence electrons. The predicted molar refractivity (Wildman–Crippen MR) is 108 cm³/mol. The number of pyridine rings is 1. The van der Waals surface area contributed by atoms with Crippen LogP contribution in [0.3, 0.4) is 0 Å². The average molecular weight is 372 g/mol. The lowest BCUT2D eigenvalue weighted by Gasteiger charge is -2.10. The summed E-state index contributed by atoms with van der Waals surface area (Å²) in [6.45, 7) is 5.95. The third kappa shape index (κ3) is 2.99. The molecule has 0 bridgehead atoms. The number of aromatic nitrogens is 2. The van der Waals surface area contributed by atoms with Gasteiger partial charge in [0.1, 0.15) is 11.5 Å². The van der Waals surface area contributed by atoms with E-state index in [4.69, 9.17) is 0 Å². The first kappa shape index (κ1) is 17.7. The number of carbonyl (C=O) groups excluding carboxylic acids is 2. The van der Waals surface area contributed by atoms with Gasteiger partial charge in [-0.1, -0.05) is 24.3 Å². The molecule has 2 aromatic heterocycles. The zero-order chi connectivity index (χ0) is 19.8. The summed E-state index contributed by atoms with van der Waals surface area (Å²) in [6, 6.07) is 14.4. The molecule has 1 aromatic carbocycles. The summed E-state index contributed by atoms with van der Waals surface area (Å²) in [5.74, 6) is 0.451. The fraction of sp³-hybridized carbons (Fsp3) is 0.136. The van der Waals surface area contributed by atoms with E-state index in [-0.39, 0.29) is 11.6 Å². The van der Waals surface area contributed by atoms with Gasteiger partial charge in [-0.15, -0.1) is 0 Å². The number of nitrogens with one attached hydrogen (secondary N) is 1. The quantitative estimate of drug-likeness (QED) is 0.560. The van der Waals surface area contributed by atoms with Crippen LogP contribution in [0.2, 0.25) is 0 Å². The molecule has 6 nitrogen and oxygen atoms in total. The molecular weight excluding hydrogens is 352 g/mol. The van der Waals surface area contributed by atoms with Crippen LogP contribution in [-0.2, 0) is 4.79 Å². The molecule has 4 rings (SSSR count). The minimum Gasteiger partial charge on any atom is -0.303 e. The molecule has 0 aliphatic carbocycles. The molecule has 1 saturated heterocycles. The number of rotatable bonds is 3. The number of hydrogen-bond donors (Lipinski definition) is 1. The van der Waals surface area contributed by atoms with E-state index in [9.17, 15) is 9.59 Å². The Labute approximate surface area is 163 Å². The lowest BCUT2D eigenvalue weighted by atomic mass is 10.2. The predicted octanol–water partition coefficient (Wildman–Crippen LogP) is 3.89. The highest BCUT2D eigenvalue weighted by Gasteiger charge is 2.34. The number of anilines is 1. The molecule has 3 heterocycles. The standard InChI is InChI=1S/C22H20N4O2/c1-14-9-10-20(23-13-14)25-15(2)11-17(16(25)3)12-19-21(27)26(22(28)24-19)18-7-5-4-6-8-18/h4-13H,1-3H3,(H,24,28). The van der Waals surface area contributed by atoms with Gasteiger partial charge in [0.15, 0.2) is 0 Å². The first-order valence-corrected chi connectivity index (χ1v) is 9.00. The number of urea groups is 1. The summed E-state index contributed by atoms with van der Waals surface area (Å²) in [7, 11) is 0. The van der Waals surface area contributed by atoms with Crippen molar-refractivity contribution in [1.82, 2.24) is 14.9 Å². The van der Waals surface area contributed by atoms with E-state index in [1.807, 2.05) is 55.8 Å². The first-order chi connectivity index (χ1) is 13.5. The fourth-order valence-electron chi connectivity index (χ4n) is 3.38. The molecule has 1 N–H and O–H groups in total. The smallest absolute Gasteiger partial charge is 0.303 e. The van der Waals surface area contributed by atoms with Gasteiger partial charge in [0.2, 0.25) is 0 Å². The molecule has 1 aliphatic heterocycles. The average Bonchev–Trinajstić information content (AvgIpc) is 3.12. The van der Waals surface area contributed by atoms with E-state index < -0.39 is 6.03 Å². The maximum Gasteiger partial charge on any atom is 0.333 e. The Bertz CT molecular complexity index is 1100. The van der Waals surface area contributed by atoms with Gasteiger partial charge in [0.05, 0.1) is 5.69 Å². The van der Waals surface area contributed by atoms with Crippen LogP contribution in [0.1, 0.15) is 22.5 Å². The molecule has 3 amide bonds. The Morgan fingerprint density at radius 2 is 1.75 bits per heavy atom. The van der Waals surface area contributed by atoms with Crippen LogP contribution >= 0.6 is 0 Å². The Kier molecular flexibility index (Phi) is 4.31. The van der Waals surface area contributed by atoms with E-state index in [0.717, 1.165) is 33.2 Å². The molecule has 6 heteroatoms. The van der Waals surface area contributed by atoms with Gasteiger partial charge in [-0.25, -0.2) is 14.7 Å². The summed E-state index contributed by atoms with van der Waals surface area (Å²) >= 11 is 0. The molecule has 0 saturated carbocycles. The highest BCUT2D eigenvalue weighted by atomic mass is 16.2. The summed E-state index contributed by atoms with van der Waals surface area (Å²) in [4.78, 5) is 30.8. The number of carbonyl (C=O) groups is 2. The SMILES string of the molecule is Cc1ccc(-n2c(C)cc(C=C3NC(=O)N(c4ccccc4)C3=O)c2C)nc1. The number of aryl methyl sites for hydroxylation is 2. The summed E-state index contributed by atoms with van der Waals surface area (Å²) in [5.41, 5.74) is 4.69. The molecule has 1 aliphatic rings. The highest BCUT2D eigenvalue weighted by Crippen LogP contribution is 2.25. The van der Waals surface area contributed by atoms with Crippen molar-refractivity contribution < 1.29 is 9.59 Å². The molecule has 28 heavy (non-hydrogen) atoms. The second kappa shape index (κ2) is 6.81. The van der Waals surface area contributed by atoms with Crippen molar-refractivity contribution in [1.29, 1.82) is 0 Å². The van der Waals surface area contributed by atoms with E-state index in [1.165, 1.54) is 0 Å². The zero-order valence-electron chi connectivity index (χ0n) is 15.9. The molecule has 0 unspecified atom stereocenters. The van der Waals surface area contributed by atoms with Crippen molar-refractivity contribution in [2.45, 2.75) is 20.8 Å². The zero-order valence-corrected chi connectivity index (χ0v) is 15.9. The van der Waals surface area contributed by atoms with Gasteiger partial charge in [-0.2, -0.15) is 0 Å². The Hall–Kier alpha value is -3.67. The van der Waals surface area contributed by atoms with Crippen molar-refractivity contribution in [3.05, 3.63) is 82.9 Å². The molecule has 0 spiro atoms. The Morgan fingerprint density at radius 3 is 2.43 bits per heavy atom. The number of para-hydroxylation sites is 1.